The van der Waals surface area contributed by atoms with Gasteiger partial charge in [0.2, 0.25) is 0 Å². The summed E-state index contributed by atoms with van der Waals surface area (Å²) in [6.45, 7) is 2.00. The van der Waals surface area contributed by atoms with Crippen LogP contribution in [0.1, 0.15) is 22.6 Å². The largest absolute Gasteiger partial charge is 0.312 e. The molecular weight excluding hydrogens is 322 g/mol. The number of rotatable bonds is 1. The van der Waals surface area contributed by atoms with Gasteiger partial charge in [0.1, 0.15) is 0 Å². The number of hydrogen-bond donors (Lipinski definition) is 1. The first-order chi connectivity index (χ1) is 9.93. The van der Waals surface area contributed by atoms with E-state index in [1.54, 1.807) is 0 Å². The maximum atomic E-state index is 3.58. The molecule has 0 amide bonds. The molecule has 0 radical (unpaired) electrons. The van der Waals surface area contributed by atoms with E-state index in [4.69, 9.17) is 0 Å². The zero-order valence-electron chi connectivity index (χ0n) is 11.8. The van der Waals surface area contributed by atoms with Crippen LogP contribution in [-0.4, -0.2) is 6.54 Å². The molecular formula is C19H18BrN. The molecule has 1 nitrogen and oxygen atoms in total. The number of benzene rings is 3. The Morgan fingerprint density at radius 1 is 0.810 bits per heavy atom. The minimum Gasteiger partial charge on any atom is -0.312 e. The second kappa shape index (κ2) is 6.00. The molecule has 0 fully saturated rings. The first-order valence-corrected chi connectivity index (χ1v) is 7.19. The zero-order valence-corrected chi connectivity index (χ0v) is 13.5. The molecule has 21 heavy (non-hydrogen) atoms. The van der Waals surface area contributed by atoms with E-state index >= 15 is 0 Å². The Labute approximate surface area is 135 Å². The van der Waals surface area contributed by atoms with E-state index in [0.29, 0.717) is 5.92 Å². The molecule has 1 N–H and O–H groups in total. The van der Waals surface area contributed by atoms with Gasteiger partial charge in [-0.3, -0.25) is 0 Å². The fourth-order valence-corrected chi connectivity index (χ4v) is 3.31. The van der Waals surface area contributed by atoms with Crippen molar-refractivity contribution in [2.24, 2.45) is 0 Å². The highest BCUT2D eigenvalue weighted by atomic mass is 79.9. The highest BCUT2D eigenvalue weighted by Gasteiger charge is 2.22. The summed E-state index contributed by atoms with van der Waals surface area (Å²) in [5, 5.41) is 6.30. The Balaban J connectivity index is 0.00000132. The maximum Gasteiger partial charge on any atom is 0.0218 e. The van der Waals surface area contributed by atoms with Gasteiger partial charge in [-0.2, -0.15) is 0 Å². The third kappa shape index (κ3) is 2.50. The molecule has 1 heterocycles. The molecule has 0 spiro atoms. The van der Waals surface area contributed by atoms with Crippen molar-refractivity contribution in [3.63, 3.8) is 0 Å². The Bertz CT molecular complexity index is 752. The molecule has 3 aromatic rings. The topological polar surface area (TPSA) is 12.0 Å². The van der Waals surface area contributed by atoms with Crippen LogP contribution in [0, 0.1) is 0 Å². The van der Waals surface area contributed by atoms with E-state index in [-0.39, 0.29) is 17.0 Å². The van der Waals surface area contributed by atoms with Crippen molar-refractivity contribution in [2.75, 3.05) is 6.54 Å². The normalized spacial score (nSPS) is 17.0. The van der Waals surface area contributed by atoms with Crippen molar-refractivity contribution in [3.8, 4) is 0 Å². The third-order valence-corrected chi connectivity index (χ3v) is 4.30. The highest BCUT2D eigenvalue weighted by molar-refractivity contribution is 8.93. The summed E-state index contributed by atoms with van der Waals surface area (Å²) >= 11 is 0. The Kier molecular flexibility index (Phi) is 4.09. The van der Waals surface area contributed by atoms with Crippen LogP contribution in [0.5, 0.6) is 0 Å². The Morgan fingerprint density at radius 3 is 2.43 bits per heavy atom. The predicted octanol–water partition coefficient (Wildman–Crippen LogP) is 4.65. The fourth-order valence-electron chi connectivity index (χ4n) is 3.31. The van der Waals surface area contributed by atoms with Crippen LogP contribution < -0.4 is 5.32 Å². The van der Waals surface area contributed by atoms with Gasteiger partial charge >= 0.3 is 0 Å². The summed E-state index contributed by atoms with van der Waals surface area (Å²) in [6, 6.07) is 24.1. The minimum atomic E-state index is 0. The summed E-state index contributed by atoms with van der Waals surface area (Å²) in [7, 11) is 0. The van der Waals surface area contributed by atoms with Gasteiger partial charge in [0, 0.05) is 19.0 Å². The molecule has 0 bridgehead atoms. The molecule has 0 aliphatic carbocycles. The average Bonchev–Trinajstić information content (AvgIpc) is 2.55. The van der Waals surface area contributed by atoms with Gasteiger partial charge in [-0.25, -0.2) is 0 Å². The van der Waals surface area contributed by atoms with Crippen molar-refractivity contribution in [1.82, 2.24) is 5.32 Å². The molecule has 0 saturated heterocycles. The molecule has 106 valence electrons. The van der Waals surface area contributed by atoms with Gasteiger partial charge in [0.25, 0.3) is 0 Å². The summed E-state index contributed by atoms with van der Waals surface area (Å²) in [5.74, 6) is 0.463. The monoisotopic (exact) mass is 339 g/mol. The molecule has 1 unspecified atom stereocenters. The first-order valence-electron chi connectivity index (χ1n) is 7.19. The van der Waals surface area contributed by atoms with E-state index in [0.717, 1.165) is 13.1 Å². The van der Waals surface area contributed by atoms with Crippen molar-refractivity contribution in [1.29, 1.82) is 0 Å². The lowest BCUT2D eigenvalue weighted by Crippen LogP contribution is -2.28. The smallest absolute Gasteiger partial charge is 0.0218 e. The fraction of sp³-hybridized carbons (Fsp3) is 0.158. The van der Waals surface area contributed by atoms with Crippen LogP contribution in [0.4, 0.5) is 0 Å². The summed E-state index contributed by atoms with van der Waals surface area (Å²) in [5.41, 5.74) is 4.34. The molecule has 0 aromatic heterocycles. The maximum absolute atomic E-state index is 3.58. The Hall–Kier alpha value is -1.64. The summed E-state index contributed by atoms with van der Waals surface area (Å²) in [6.07, 6.45) is 0. The molecule has 1 aliphatic heterocycles. The molecule has 0 saturated carbocycles. The second-order valence-corrected chi connectivity index (χ2v) is 5.45. The van der Waals surface area contributed by atoms with Gasteiger partial charge in [0.15, 0.2) is 0 Å². The van der Waals surface area contributed by atoms with Crippen molar-refractivity contribution < 1.29 is 0 Å². The van der Waals surface area contributed by atoms with Crippen LogP contribution in [0.3, 0.4) is 0 Å². The van der Waals surface area contributed by atoms with Crippen molar-refractivity contribution in [3.05, 3.63) is 83.4 Å². The van der Waals surface area contributed by atoms with Gasteiger partial charge in [-0.1, -0.05) is 66.7 Å². The van der Waals surface area contributed by atoms with Crippen LogP contribution >= 0.6 is 17.0 Å². The van der Waals surface area contributed by atoms with Gasteiger partial charge in [-0.15, -0.1) is 17.0 Å². The molecule has 3 aromatic carbocycles. The lowest BCUT2D eigenvalue weighted by Gasteiger charge is -2.28. The van der Waals surface area contributed by atoms with E-state index in [1.165, 1.54) is 27.5 Å². The predicted molar refractivity (Wildman–Crippen MR) is 94.3 cm³/mol. The van der Waals surface area contributed by atoms with Gasteiger partial charge in [0.05, 0.1) is 0 Å². The van der Waals surface area contributed by atoms with Gasteiger partial charge < -0.3 is 5.32 Å². The van der Waals surface area contributed by atoms with E-state index in [1.807, 2.05) is 0 Å². The lowest BCUT2D eigenvalue weighted by atomic mass is 9.83. The minimum absolute atomic E-state index is 0. The first kappa shape index (κ1) is 14.3. The second-order valence-electron chi connectivity index (χ2n) is 5.45. The third-order valence-electron chi connectivity index (χ3n) is 4.30. The van der Waals surface area contributed by atoms with Crippen molar-refractivity contribution in [2.45, 2.75) is 12.5 Å². The molecule has 1 atom stereocenters. The highest BCUT2D eigenvalue weighted by Crippen LogP contribution is 2.34. The quantitative estimate of drug-likeness (QED) is 0.680. The van der Waals surface area contributed by atoms with Gasteiger partial charge in [-0.05, 0) is 27.5 Å². The SMILES string of the molecule is Br.c1ccc(C2CNCc3c2ccc2ccccc32)cc1. The summed E-state index contributed by atoms with van der Waals surface area (Å²) < 4.78 is 0. The van der Waals surface area contributed by atoms with Crippen LogP contribution in [-0.2, 0) is 6.54 Å². The lowest BCUT2D eigenvalue weighted by molar-refractivity contribution is 0.595. The number of halogens is 1. The zero-order chi connectivity index (χ0) is 13.4. The van der Waals surface area contributed by atoms with Crippen LogP contribution in [0.15, 0.2) is 66.7 Å². The van der Waals surface area contributed by atoms with E-state index in [9.17, 15) is 0 Å². The molecule has 4 rings (SSSR count). The van der Waals surface area contributed by atoms with Crippen molar-refractivity contribution >= 4 is 27.8 Å². The Morgan fingerprint density at radius 2 is 1.57 bits per heavy atom. The van der Waals surface area contributed by atoms with E-state index in [2.05, 4.69) is 72.0 Å². The number of fused-ring (bicyclic) bond motifs is 3. The van der Waals surface area contributed by atoms with Crippen LogP contribution in [0.25, 0.3) is 10.8 Å². The van der Waals surface area contributed by atoms with E-state index < -0.39 is 0 Å². The van der Waals surface area contributed by atoms with Crippen LogP contribution in [0.2, 0.25) is 0 Å². The molecule has 2 heteroatoms. The molecule has 1 aliphatic rings. The number of nitrogens with one attached hydrogen (secondary N) is 1. The standard InChI is InChI=1S/C19H17N.BrH/c1-2-6-14(7-3-1)18-12-20-13-19-16-9-5-4-8-15(16)10-11-17(18)19;/h1-11,18,20H,12-13H2;1H. The summed E-state index contributed by atoms with van der Waals surface area (Å²) in [4.78, 5) is 0. The average molecular weight is 340 g/mol. The number of hydrogen-bond acceptors (Lipinski definition) is 1.